The van der Waals surface area contributed by atoms with Crippen LogP contribution < -0.4 is 5.19 Å². The molecule has 2 saturated heterocycles. The van der Waals surface area contributed by atoms with Crippen molar-refractivity contribution in [3.05, 3.63) is 29.8 Å². The van der Waals surface area contributed by atoms with Gasteiger partial charge in [-0.2, -0.15) is 0 Å². The van der Waals surface area contributed by atoms with E-state index in [9.17, 15) is 0 Å². The molecule has 1 aromatic rings. The summed E-state index contributed by atoms with van der Waals surface area (Å²) in [7, 11) is -5.10. The van der Waals surface area contributed by atoms with Crippen LogP contribution in [0, 0.1) is 11.8 Å². The molecule has 0 radical (unpaired) electrons. The van der Waals surface area contributed by atoms with Crippen LogP contribution in [0.15, 0.2) is 24.3 Å². The van der Waals surface area contributed by atoms with E-state index >= 15 is 0 Å². The first kappa shape index (κ1) is 28.3. The number of hydrogen-bond donors (Lipinski definition) is 0. The fourth-order valence-electron chi connectivity index (χ4n) is 7.41. The van der Waals surface area contributed by atoms with Crippen LogP contribution in [0.2, 0.25) is 51.4 Å². The first-order valence-corrected chi connectivity index (χ1v) is 24.6. The molecule has 0 N–H and O–H groups in total. The lowest BCUT2D eigenvalue weighted by molar-refractivity contribution is 0.355. The molecule has 2 heterocycles. The lowest BCUT2D eigenvalue weighted by Crippen LogP contribution is -2.53. The molecule has 6 heteroatoms. The molecule has 3 nitrogen and oxygen atoms in total. The van der Waals surface area contributed by atoms with Crippen LogP contribution in [-0.2, 0) is 18.6 Å². The zero-order valence-electron chi connectivity index (χ0n) is 25.1. The predicted molar refractivity (Wildman–Crippen MR) is 163 cm³/mol. The Hall–Kier alpha value is -0.249. The van der Waals surface area contributed by atoms with Gasteiger partial charge in [-0.25, -0.2) is 0 Å². The van der Waals surface area contributed by atoms with E-state index in [1.54, 1.807) is 0 Å². The smallest absolute Gasteiger partial charge is 0.205 e. The fraction of sp³-hybridized carbons (Fsp3) is 0.806. The Morgan fingerprint density at radius 3 is 1.76 bits per heavy atom. The second-order valence-electron chi connectivity index (χ2n) is 15.3. The second-order valence-corrected chi connectivity index (χ2v) is 29.3. The molecule has 2 saturated carbocycles. The summed E-state index contributed by atoms with van der Waals surface area (Å²) < 4.78 is 18.7. The Labute approximate surface area is 230 Å². The monoisotopic (exact) mass is 558 g/mol. The van der Waals surface area contributed by atoms with E-state index < -0.39 is 24.7 Å². The van der Waals surface area contributed by atoms with Gasteiger partial charge >= 0.3 is 0 Å². The molecule has 37 heavy (non-hydrogen) atoms. The highest BCUT2D eigenvalue weighted by molar-refractivity contribution is 6.92. The van der Waals surface area contributed by atoms with Gasteiger partial charge in [0.2, 0.25) is 8.32 Å². The quantitative estimate of drug-likeness (QED) is 0.206. The van der Waals surface area contributed by atoms with Crippen LogP contribution in [0.5, 0.6) is 0 Å². The van der Waals surface area contributed by atoms with Crippen molar-refractivity contribution in [1.82, 2.24) is 0 Å². The average Bonchev–Trinajstić information content (AvgIpc) is 3.75. The molecule has 0 spiro atoms. The van der Waals surface area contributed by atoms with E-state index in [0.717, 1.165) is 11.8 Å². The van der Waals surface area contributed by atoms with Gasteiger partial charge in [-0.05, 0) is 98.4 Å². The first-order chi connectivity index (χ1) is 17.3. The Morgan fingerprint density at radius 2 is 1.24 bits per heavy atom. The predicted octanol–water partition coefficient (Wildman–Crippen LogP) is 7.76. The van der Waals surface area contributed by atoms with Crippen LogP contribution in [-0.4, -0.2) is 49.1 Å². The molecular weight excluding hydrogens is 505 g/mol. The van der Waals surface area contributed by atoms with E-state index in [0.29, 0.717) is 24.4 Å². The average molecular weight is 559 g/mol. The molecule has 6 unspecified atom stereocenters. The van der Waals surface area contributed by atoms with Gasteiger partial charge in [0.25, 0.3) is 0 Å². The lowest BCUT2D eigenvalue weighted by atomic mass is 9.87. The Bertz CT molecular complexity index is 942. The zero-order chi connectivity index (χ0) is 26.6. The van der Waals surface area contributed by atoms with Gasteiger partial charge in [-0.1, -0.05) is 70.1 Å². The van der Waals surface area contributed by atoms with Crippen LogP contribution in [0.4, 0.5) is 0 Å². The van der Waals surface area contributed by atoms with Gasteiger partial charge in [0.15, 0.2) is 8.32 Å². The number of fused-ring (bicyclic) bond motifs is 2. The number of hydrogen-bond acceptors (Lipinski definition) is 3. The molecule has 0 aromatic heterocycles. The standard InChI is InChI=1S/C31H54O3Si3/c1-31(2,35(3,4)19-17-23-9-15-27-29(21-23)32-27)25-11-13-26(14-12-25)37(7,8)34-36(5,6)20-18-24-10-16-28-30(22-24)33-28/h11-14,23-24,27-30H,9-10,15-22H2,1-8H3. The fourth-order valence-corrected chi connectivity index (χ4v) is 18.6. The van der Waals surface area contributed by atoms with E-state index in [1.807, 2.05) is 0 Å². The summed E-state index contributed by atoms with van der Waals surface area (Å²) in [6.07, 6.45) is 13.1. The maximum Gasteiger partial charge on any atom is 0.205 e. The van der Waals surface area contributed by atoms with Gasteiger partial charge in [0, 0.05) is 0 Å². The van der Waals surface area contributed by atoms with Crippen molar-refractivity contribution in [3.63, 3.8) is 0 Å². The van der Waals surface area contributed by atoms with E-state index in [-0.39, 0.29) is 5.04 Å². The topological polar surface area (TPSA) is 34.3 Å². The molecular formula is C31H54O3Si3. The molecule has 0 amide bonds. The van der Waals surface area contributed by atoms with Crippen LogP contribution in [0.3, 0.4) is 0 Å². The van der Waals surface area contributed by atoms with Crippen molar-refractivity contribution in [3.8, 4) is 0 Å². The Morgan fingerprint density at radius 1 is 0.730 bits per heavy atom. The summed E-state index contributed by atoms with van der Waals surface area (Å²) in [5.74, 6) is 1.75. The normalized spacial score (nSPS) is 32.0. The van der Waals surface area contributed by atoms with Crippen molar-refractivity contribution in [1.29, 1.82) is 0 Å². The van der Waals surface area contributed by atoms with Crippen molar-refractivity contribution >= 4 is 29.9 Å². The van der Waals surface area contributed by atoms with E-state index in [1.165, 1.54) is 74.2 Å². The first-order valence-electron chi connectivity index (χ1n) is 15.4. The highest BCUT2D eigenvalue weighted by atomic mass is 28.4. The maximum absolute atomic E-state index is 7.10. The van der Waals surface area contributed by atoms with E-state index in [2.05, 4.69) is 77.4 Å². The van der Waals surface area contributed by atoms with Gasteiger partial charge in [-0.15, -0.1) is 0 Å². The molecule has 2 aliphatic heterocycles. The summed E-state index contributed by atoms with van der Waals surface area (Å²) in [6.45, 7) is 20.0. The van der Waals surface area contributed by atoms with Crippen LogP contribution >= 0.6 is 0 Å². The number of ether oxygens (including phenoxy) is 2. The molecule has 4 aliphatic rings. The van der Waals surface area contributed by atoms with Crippen molar-refractivity contribution < 1.29 is 13.6 Å². The van der Waals surface area contributed by atoms with E-state index in [4.69, 9.17) is 13.6 Å². The maximum atomic E-state index is 7.10. The molecule has 208 valence electrons. The van der Waals surface area contributed by atoms with Gasteiger partial charge in [-0.3, -0.25) is 0 Å². The summed E-state index contributed by atoms with van der Waals surface area (Å²) in [4.78, 5) is 0. The van der Waals surface area contributed by atoms with Gasteiger partial charge in [0.05, 0.1) is 32.5 Å². The summed E-state index contributed by atoms with van der Waals surface area (Å²) in [5.41, 5.74) is 1.53. The number of benzene rings is 1. The molecule has 4 fully saturated rings. The highest BCUT2D eigenvalue weighted by Crippen LogP contribution is 2.44. The third-order valence-corrected chi connectivity index (χ3v) is 23.8. The molecule has 5 rings (SSSR count). The third-order valence-electron chi connectivity index (χ3n) is 11.1. The van der Waals surface area contributed by atoms with Crippen molar-refractivity contribution in [2.75, 3.05) is 0 Å². The summed E-state index contributed by atoms with van der Waals surface area (Å²) in [5, 5.41) is 1.73. The van der Waals surface area contributed by atoms with Crippen LogP contribution in [0.1, 0.15) is 70.8 Å². The molecule has 2 aliphatic carbocycles. The molecule has 0 bridgehead atoms. The minimum Gasteiger partial charge on any atom is -0.452 e. The van der Waals surface area contributed by atoms with Crippen molar-refractivity contribution in [2.45, 2.75) is 146 Å². The highest BCUT2D eigenvalue weighted by Gasteiger charge is 2.46. The minimum atomic E-state index is -1.94. The number of rotatable bonds is 11. The molecule has 6 atom stereocenters. The molecule has 1 aromatic carbocycles. The third kappa shape index (κ3) is 6.57. The van der Waals surface area contributed by atoms with Crippen molar-refractivity contribution in [2.24, 2.45) is 11.8 Å². The summed E-state index contributed by atoms with van der Waals surface area (Å²) in [6, 6.07) is 12.5. The summed E-state index contributed by atoms with van der Waals surface area (Å²) >= 11 is 0. The lowest BCUT2D eigenvalue weighted by Gasteiger charge is -2.42. The Balaban J connectivity index is 1.16. The second kappa shape index (κ2) is 10.3. The Kier molecular flexibility index (Phi) is 7.87. The minimum absolute atomic E-state index is 0.268. The SMILES string of the molecule is CC(C)(c1ccc([Si](C)(C)O[Si](C)(C)CCC2CCC3OC3C2)cc1)[Si](C)(C)CCC1CCC2OC2C1. The van der Waals surface area contributed by atoms with Crippen LogP contribution in [0.25, 0.3) is 0 Å². The zero-order valence-corrected chi connectivity index (χ0v) is 28.1. The number of epoxide rings is 2. The van der Waals surface area contributed by atoms with Gasteiger partial charge < -0.3 is 13.6 Å². The largest absolute Gasteiger partial charge is 0.452 e. The van der Waals surface area contributed by atoms with Gasteiger partial charge in [0.1, 0.15) is 0 Å².